The predicted molar refractivity (Wildman–Crippen MR) is 107 cm³/mol. The summed E-state index contributed by atoms with van der Waals surface area (Å²) in [5.41, 5.74) is 3.59. The highest BCUT2D eigenvalue weighted by Gasteiger charge is 2.34. The Morgan fingerprint density at radius 2 is 1.82 bits per heavy atom. The van der Waals surface area contributed by atoms with E-state index >= 15 is 0 Å². The van der Waals surface area contributed by atoms with E-state index in [9.17, 15) is 15.0 Å². The van der Waals surface area contributed by atoms with E-state index in [1.165, 1.54) is 13.2 Å². The Hall–Kier alpha value is -3.67. The molecule has 1 aliphatic heterocycles. The van der Waals surface area contributed by atoms with Crippen LogP contribution in [0.1, 0.15) is 27.7 Å². The molecule has 4 rings (SSSR count). The van der Waals surface area contributed by atoms with E-state index in [0.29, 0.717) is 16.8 Å². The first-order chi connectivity index (χ1) is 13.5. The number of hydrogen-bond donors (Lipinski definition) is 3. The van der Waals surface area contributed by atoms with Gasteiger partial charge < -0.3 is 20.3 Å². The molecular weight excluding hydrogens is 356 g/mol. The maximum absolute atomic E-state index is 13.4. The summed E-state index contributed by atoms with van der Waals surface area (Å²) >= 11 is 0. The SMILES string of the molecule is COc1cc([C@@H]2Nc3ccccc3C(=O)N2c2cccc(C)c2)cc(O)c1O. The summed E-state index contributed by atoms with van der Waals surface area (Å²) in [6, 6.07) is 18.0. The summed E-state index contributed by atoms with van der Waals surface area (Å²) in [4.78, 5) is 15.0. The number of aromatic hydroxyl groups is 2. The van der Waals surface area contributed by atoms with Gasteiger partial charge in [-0.3, -0.25) is 9.69 Å². The van der Waals surface area contributed by atoms with E-state index in [4.69, 9.17) is 4.74 Å². The zero-order valence-corrected chi connectivity index (χ0v) is 15.5. The lowest BCUT2D eigenvalue weighted by Crippen LogP contribution is -2.43. The van der Waals surface area contributed by atoms with Gasteiger partial charge in [0.2, 0.25) is 5.75 Å². The Labute approximate surface area is 162 Å². The van der Waals surface area contributed by atoms with Gasteiger partial charge in [0.05, 0.1) is 12.7 Å². The molecule has 3 aromatic carbocycles. The molecule has 0 aromatic heterocycles. The maximum atomic E-state index is 13.4. The van der Waals surface area contributed by atoms with E-state index in [-0.39, 0.29) is 23.2 Å². The van der Waals surface area contributed by atoms with Gasteiger partial charge in [0, 0.05) is 16.9 Å². The summed E-state index contributed by atoms with van der Waals surface area (Å²) in [6.45, 7) is 1.96. The van der Waals surface area contributed by atoms with Gasteiger partial charge in [-0.2, -0.15) is 0 Å². The van der Waals surface area contributed by atoms with Crippen molar-refractivity contribution in [1.29, 1.82) is 0 Å². The first-order valence-corrected chi connectivity index (χ1v) is 8.85. The third-order valence-corrected chi connectivity index (χ3v) is 4.82. The minimum absolute atomic E-state index is 0.132. The average molecular weight is 376 g/mol. The molecule has 0 bridgehead atoms. The summed E-state index contributed by atoms with van der Waals surface area (Å²) in [6.07, 6.45) is -0.593. The highest BCUT2D eigenvalue weighted by molar-refractivity contribution is 6.12. The Kier molecular flexibility index (Phi) is 4.31. The molecule has 1 atom stereocenters. The second-order valence-electron chi connectivity index (χ2n) is 6.70. The molecule has 3 N–H and O–H groups in total. The lowest BCUT2D eigenvalue weighted by atomic mass is 10.0. The van der Waals surface area contributed by atoms with E-state index in [1.54, 1.807) is 17.0 Å². The zero-order valence-electron chi connectivity index (χ0n) is 15.5. The molecule has 6 nitrogen and oxygen atoms in total. The molecule has 1 amide bonds. The number of nitrogens with zero attached hydrogens (tertiary/aromatic N) is 1. The van der Waals surface area contributed by atoms with Crippen molar-refractivity contribution in [3.05, 3.63) is 77.4 Å². The normalized spacial score (nSPS) is 15.7. The fourth-order valence-electron chi connectivity index (χ4n) is 3.46. The molecule has 0 radical (unpaired) electrons. The minimum atomic E-state index is -0.593. The summed E-state index contributed by atoms with van der Waals surface area (Å²) in [5, 5.41) is 23.5. The second kappa shape index (κ2) is 6.81. The van der Waals surface area contributed by atoms with Crippen LogP contribution in [0.4, 0.5) is 11.4 Å². The molecule has 28 heavy (non-hydrogen) atoms. The number of benzene rings is 3. The number of ether oxygens (including phenoxy) is 1. The maximum Gasteiger partial charge on any atom is 0.262 e. The third kappa shape index (κ3) is 2.89. The Morgan fingerprint density at radius 3 is 2.57 bits per heavy atom. The van der Waals surface area contributed by atoms with E-state index in [0.717, 1.165) is 11.3 Å². The smallest absolute Gasteiger partial charge is 0.262 e. The van der Waals surface area contributed by atoms with Gasteiger partial charge >= 0.3 is 0 Å². The summed E-state index contributed by atoms with van der Waals surface area (Å²) in [7, 11) is 1.41. The number of carbonyl (C=O) groups excluding carboxylic acids is 1. The van der Waals surface area contributed by atoms with Crippen LogP contribution in [0.15, 0.2) is 60.7 Å². The van der Waals surface area contributed by atoms with Gasteiger partial charge in [0.15, 0.2) is 11.5 Å². The topological polar surface area (TPSA) is 82.0 Å². The highest BCUT2D eigenvalue weighted by Crippen LogP contribution is 2.42. The number of phenols is 2. The van der Waals surface area contributed by atoms with Crippen LogP contribution < -0.4 is 15.0 Å². The van der Waals surface area contributed by atoms with Crippen molar-refractivity contribution in [2.75, 3.05) is 17.3 Å². The van der Waals surface area contributed by atoms with Gasteiger partial charge in [-0.05, 0) is 48.9 Å². The predicted octanol–water partition coefficient (Wildman–Crippen LogP) is 4.19. The number of nitrogens with one attached hydrogen (secondary N) is 1. The quantitative estimate of drug-likeness (QED) is 0.597. The van der Waals surface area contributed by atoms with E-state index < -0.39 is 6.17 Å². The number of methoxy groups -OCH3 is 1. The van der Waals surface area contributed by atoms with Crippen molar-refractivity contribution in [1.82, 2.24) is 0 Å². The largest absolute Gasteiger partial charge is 0.504 e. The molecular formula is C22H20N2O4. The van der Waals surface area contributed by atoms with Crippen LogP contribution in [0.25, 0.3) is 0 Å². The molecule has 0 aliphatic carbocycles. The van der Waals surface area contributed by atoms with Crippen LogP contribution >= 0.6 is 0 Å². The molecule has 0 saturated heterocycles. The number of para-hydroxylation sites is 1. The Bertz CT molecular complexity index is 1060. The van der Waals surface area contributed by atoms with E-state index in [2.05, 4.69) is 5.32 Å². The third-order valence-electron chi connectivity index (χ3n) is 4.82. The van der Waals surface area contributed by atoms with Crippen molar-refractivity contribution >= 4 is 17.3 Å². The number of aryl methyl sites for hydroxylation is 1. The molecule has 6 heteroatoms. The van der Waals surface area contributed by atoms with Crippen molar-refractivity contribution in [2.24, 2.45) is 0 Å². The van der Waals surface area contributed by atoms with Crippen molar-refractivity contribution in [3.8, 4) is 17.2 Å². The number of rotatable bonds is 3. The standard InChI is InChI=1S/C22H20N2O4/c1-13-6-5-7-15(10-13)24-21(14-11-18(25)20(26)19(12-14)28-2)23-17-9-4-3-8-16(17)22(24)27/h3-12,21,23,25-26H,1-2H3/t21-/m1/s1. The van der Waals surface area contributed by atoms with Crippen LogP contribution in [0.5, 0.6) is 17.2 Å². The van der Waals surface area contributed by atoms with Gasteiger partial charge in [0.25, 0.3) is 5.91 Å². The number of anilines is 2. The van der Waals surface area contributed by atoms with Crippen molar-refractivity contribution in [3.63, 3.8) is 0 Å². The van der Waals surface area contributed by atoms with Gasteiger partial charge in [-0.1, -0.05) is 24.3 Å². The number of fused-ring (bicyclic) bond motifs is 1. The van der Waals surface area contributed by atoms with Gasteiger partial charge in [-0.15, -0.1) is 0 Å². The molecule has 0 saturated carbocycles. The van der Waals surface area contributed by atoms with Crippen LogP contribution in [0, 0.1) is 6.92 Å². The lowest BCUT2D eigenvalue weighted by molar-refractivity contribution is 0.0975. The summed E-state index contributed by atoms with van der Waals surface area (Å²) in [5.74, 6) is -0.675. The van der Waals surface area contributed by atoms with Crippen LogP contribution in [0.2, 0.25) is 0 Å². The van der Waals surface area contributed by atoms with Crippen molar-refractivity contribution in [2.45, 2.75) is 13.1 Å². The molecule has 0 unspecified atom stereocenters. The molecule has 3 aromatic rings. The zero-order chi connectivity index (χ0) is 19.8. The fourth-order valence-corrected chi connectivity index (χ4v) is 3.46. The second-order valence-corrected chi connectivity index (χ2v) is 6.70. The monoisotopic (exact) mass is 376 g/mol. The fraction of sp³-hybridized carbons (Fsp3) is 0.136. The Morgan fingerprint density at radius 1 is 1.04 bits per heavy atom. The van der Waals surface area contributed by atoms with E-state index in [1.807, 2.05) is 49.4 Å². The van der Waals surface area contributed by atoms with Crippen LogP contribution in [0.3, 0.4) is 0 Å². The number of hydrogen-bond acceptors (Lipinski definition) is 5. The van der Waals surface area contributed by atoms with Crippen LogP contribution in [-0.4, -0.2) is 23.2 Å². The first-order valence-electron chi connectivity index (χ1n) is 8.85. The van der Waals surface area contributed by atoms with Gasteiger partial charge in [0.1, 0.15) is 6.17 Å². The molecule has 0 fully saturated rings. The molecule has 1 aliphatic rings. The highest BCUT2D eigenvalue weighted by atomic mass is 16.5. The average Bonchev–Trinajstić information content (AvgIpc) is 2.70. The minimum Gasteiger partial charge on any atom is -0.504 e. The molecule has 142 valence electrons. The van der Waals surface area contributed by atoms with Crippen LogP contribution in [-0.2, 0) is 0 Å². The van der Waals surface area contributed by atoms with Gasteiger partial charge in [-0.25, -0.2) is 0 Å². The Balaban J connectivity index is 1.90. The number of carbonyl (C=O) groups is 1. The lowest BCUT2D eigenvalue weighted by Gasteiger charge is -2.38. The number of amides is 1. The molecule has 1 heterocycles. The first kappa shape index (κ1) is 17.7. The number of phenolic OH excluding ortho intramolecular Hbond substituents is 2. The summed E-state index contributed by atoms with van der Waals surface area (Å²) < 4.78 is 5.17. The van der Waals surface area contributed by atoms with Crippen molar-refractivity contribution < 1.29 is 19.7 Å². The molecule has 0 spiro atoms.